The first kappa shape index (κ1) is 15.1. The standard InChI is InChI=1S/C14H16N2O4S/c1-16-21(17,18)14-7-6-12(9-13(14)15)20-11-5-3-4-10(8-11)19-2/h3-9,16H,15H2,1-2H3. The highest BCUT2D eigenvalue weighted by Crippen LogP contribution is 2.29. The highest BCUT2D eigenvalue weighted by atomic mass is 32.2. The summed E-state index contributed by atoms with van der Waals surface area (Å²) in [6, 6.07) is 11.5. The predicted octanol–water partition coefficient (Wildman–Crippen LogP) is 1.98. The molecule has 0 heterocycles. The summed E-state index contributed by atoms with van der Waals surface area (Å²) in [7, 11) is -0.687. The van der Waals surface area contributed by atoms with E-state index in [-0.39, 0.29) is 10.6 Å². The largest absolute Gasteiger partial charge is 0.497 e. The van der Waals surface area contributed by atoms with Gasteiger partial charge < -0.3 is 15.2 Å². The lowest BCUT2D eigenvalue weighted by Crippen LogP contribution is -2.19. The minimum absolute atomic E-state index is 0.0167. The number of nitrogens with one attached hydrogen (secondary N) is 1. The normalized spacial score (nSPS) is 11.1. The fraction of sp³-hybridized carbons (Fsp3) is 0.143. The Bertz CT molecular complexity index is 744. The van der Waals surface area contributed by atoms with Crippen molar-refractivity contribution in [1.29, 1.82) is 0 Å². The first-order chi connectivity index (χ1) is 9.96. The van der Waals surface area contributed by atoms with Crippen LogP contribution in [0.3, 0.4) is 0 Å². The number of hydrogen-bond acceptors (Lipinski definition) is 5. The molecule has 0 radical (unpaired) electrons. The van der Waals surface area contributed by atoms with E-state index in [1.807, 2.05) is 0 Å². The molecule has 0 unspecified atom stereocenters. The van der Waals surface area contributed by atoms with E-state index < -0.39 is 10.0 Å². The van der Waals surface area contributed by atoms with Crippen LogP contribution in [0.25, 0.3) is 0 Å². The molecule has 21 heavy (non-hydrogen) atoms. The van der Waals surface area contributed by atoms with Crippen LogP contribution in [0, 0.1) is 0 Å². The SMILES string of the molecule is CNS(=O)(=O)c1ccc(Oc2cccc(OC)c2)cc1N. The van der Waals surface area contributed by atoms with Gasteiger partial charge in [0.1, 0.15) is 22.1 Å². The van der Waals surface area contributed by atoms with Crippen LogP contribution in [0.15, 0.2) is 47.4 Å². The lowest BCUT2D eigenvalue weighted by molar-refractivity contribution is 0.409. The minimum atomic E-state index is -3.58. The smallest absolute Gasteiger partial charge is 0.242 e. The van der Waals surface area contributed by atoms with E-state index in [1.54, 1.807) is 37.4 Å². The highest BCUT2D eigenvalue weighted by Gasteiger charge is 2.15. The fourth-order valence-electron chi connectivity index (χ4n) is 1.75. The summed E-state index contributed by atoms with van der Waals surface area (Å²) in [6.07, 6.45) is 0. The number of rotatable bonds is 5. The van der Waals surface area contributed by atoms with Gasteiger partial charge in [0.25, 0.3) is 0 Å². The average Bonchev–Trinajstić information content (AvgIpc) is 2.47. The van der Waals surface area contributed by atoms with Crippen molar-refractivity contribution in [2.24, 2.45) is 0 Å². The molecule has 0 aliphatic carbocycles. The lowest BCUT2D eigenvalue weighted by Gasteiger charge is -2.10. The van der Waals surface area contributed by atoms with Crippen molar-refractivity contribution in [1.82, 2.24) is 4.72 Å². The van der Waals surface area contributed by atoms with Gasteiger partial charge in [-0.15, -0.1) is 0 Å². The molecule has 0 aliphatic rings. The Morgan fingerprint density at radius 3 is 2.33 bits per heavy atom. The van der Waals surface area contributed by atoms with Crippen LogP contribution in [-0.2, 0) is 10.0 Å². The van der Waals surface area contributed by atoms with Crippen molar-refractivity contribution in [2.75, 3.05) is 19.9 Å². The summed E-state index contributed by atoms with van der Waals surface area (Å²) in [5, 5.41) is 0. The summed E-state index contributed by atoms with van der Waals surface area (Å²) in [4.78, 5) is 0.0167. The molecule has 0 fully saturated rings. The number of nitrogen functional groups attached to an aromatic ring is 1. The minimum Gasteiger partial charge on any atom is -0.497 e. The van der Waals surface area contributed by atoms with Gasteiger partial charge in [-0.25, -0.2) is 13.1 Å². The second-order valence-corrected chi connectivity index (χ2v) is 6.04. The maximum Gasteiger partial charge on any atom is 0.242 e. The molecule has 0 aliphatic heterocycles. The first-order valence-corrected chi connectivity index (χ1v) is 7.59. The molecule has 6 nitrogen and oxygen atoms in total. The van der Waals surface area contributed by atoms with Crippen LogP contribution in [0.2, 0.25) is 0 Å². The molecule has 2 aromatic rings. The third kappa shape index (κ3) is 3.45. The molecule has 2 rings (SSSR count). The number of methoxy groups -OCH3 is 1. The van der Waals surface area contributed by atoms with Crippen molar-refractivity contribution in [2.45, 2.75) is 4.90 Å². The zero-order chi connectivity index (χ0) is 15.5. The van der Waals surface area contributed by atoms with Crippen molar-refractivity contribution in [3.63, 3.8) is 0 Å². The van der Waals surface area contributed by atoms with E-state index in [0.29, 0.717) is 17.2 Å². The maximum atomic E-state index is 11.7. The molecule has 0 saturated heterocycles. The van der Waals surface area contributed by atoms with Crippen LogP contribution >= 0.6 is 0 Å². The Hall–Kier alpha value is -2.25. The quantitative estimate of drug-likeness (QED) is 0.824. The average molecular weight is 308 g/mol. The second kappa shape index (κ2) is 6.02. The number of ether oxygens (including phenoxy) is 2. The van der Waals surface area contributed by atoms with E-state index in [9.17, 15) is 8.42 Å². The molecular weight excluding hydrogens is 292 g/mol. The van der Waals surface area contributed by atoms with Crippen molar-refractivity contribution in [3.8, 4) is 17.2 Å². The summed E-state index contributed by atoms with van der Waals surface area (Å²) in [5.74, 6) is 1.67. The van der Waals surface area contributed by atoms with E-state index in [4.69, 9.17) is 15.2 Å². The highest BCUT2D eigenvalue weighted by molar-refractivity contribution is 7.89. The van der Waals surface area contributed by atoms with Crippen LogP contribution in [0.4, 0.5) is 5.69 Å². The van der Waals surface area contributed by atoms with E-state index in [0.717, 1.165) is 0 Å². The van der Waals surface area contributed by atoms with Crippen molar-refractivity contribution in [3.05, 3.63) is 42.5 Å². The zero-order valence-corrected chi connectivity index (χ0v) is 12.5. The van der Waals surface area contributed by atoms with Crippen LogP contribution in [0.5, 0.6) is 17.2 Å². The Kier molecular flexibility index (Phi) is 4.35. The van der Waals surface area contributed by atoms with Gasteiger partial charge in [-0.2, -0.15) is 0 Å². The molecule has 0 atom stereocenters. The zero-order valence-electron chi connectivity index (χ0n) is 11.7. The Morgan fingerprint density at radius 2 is 1.71 bits per heavy atom. The topological polar surface area (TPSA) is 90.7 Å². The van der Waals surface area contributed by atoms with Crippen LogP contribution in [-0.4, -0.2) is 22.6 Å². The van der Waals surface area contributed by atoms with Gasteiger partial charge in [-0.3, -0.25) is 0 Å². The fourth-order valence-corrected chi connectivity index (χ4v) is 2.58. The summed E-state index contributed by atoms with van der Waals surface area (Å²) in [6.45, 7) is 0. The summed E-state index contributed by atoms with van der Waals surface area (Å²) in [5.41, 5.74) is 5.88. The molecule has 112 valence electrons. The number of benzene rings is 2. The molecular formula is C14H16N2O4S. The molecule has 0 amide bonds. The summed E-state index contributed by atoms with van der Waals surface area (Å²) >= 11 is 0. The van der Waals surface area contributed by atoms with Gasteiger partial charge in [-0.05, 0) is 31.3 Å². The van der Waals surface area contributed by atoms with Crippen molar-refractivity contribution < 1.29 is 17.9 Å². The van der Waals surface area contributed by atoms with Crippen LogP contribution < -0.4 is 19.9 Å². The van der Waals surface area contributed by atoms with Gasteiger partial charge >= 0.3 is 0 Å². The van der Waals surface area contributed by atoms with Gasteiger partial charge in [0, 0.05) is 12.1 Å². The molecule has 0 aromatic heterocycles. The predicted molar refractivity (Wildman–Crippen MR) is 80.2 cm³/mol. The number of anilines is 1. The molecule has 7 heteroatoms. The number of nitrogens with two attached hydrogens (primary N) is 1. The first-order valence-electron chi connectivity index (χ1n) is 6.11. The number of hydrogen-bond donors (Lipinski definition) is 2. The second-order valence-electron chi connectivity index (χ2n) is 4.19. The Balaban J connectivity index is 2.28. The molecule has 0 spiro atoms. The van der Waals surface area contributed by atoms with Gasteiger partial charge in [0.15, 0.2) is 0 Å². The maximum absolute atomic E-state index is 11.7. The number of sulfonamides is 1. The lowest BCUT2D eigenvalue weighted by atomic mass is 10.3. The Morgan fingerprint density at radius 1 is 1.05 bits per heavy atom. The molecule has 2 aromatic carbocycles. The van der Waals surface area contributed by atoms with E-state index in [2.05, 4.69) is 4.72 Å². The Labute approximate surface area is 123 Å². The van der Waals surface area contributed by atoms with Gasteiger partial charge in [0.2, 0.25) is 10.0 Å². The molecule has 0 bridgehead atoms. The third-order valence-electron chi connectivity index (χ3n) is 2.82. The summed E-state index contributed by atoms with van der Waals surface area (Å²) < 4.78 is 36.4. The van der Waals surface area contributed by atoms with Crippen molar-refractivity contribution >= 4 is 15.7 Å². The van der Waals surface area contributed by atoms with Gasteiger partial charge in [0.05, 0.1) is 12.8 Å². The van der Waals surface area contributed by atoms with E-state index in [1.165, 1.54) is 19.2 Å². The van der Waals surface area contributed by atoms with E-state index >= 15 is 0 Å². The molecule has 0 saturated carbocycles. The van der Waals surface area contributed by atoms with Crippen LogP contribution in [0.1, 0.15) is 0 Å². The molecule has 3 N–H and O–H groups in total. The van der Waals surface area contributed by atoms with Gasteiger partial charge in [-0.1, -0.05) is 6.07 Å². The third-order valence-corrected chi connectivity index (χ3v) is 4.30. The monoisotopic (exact) mass is 308 g/mol.